The highest BCUT2D eigenvalue weighted by Gasteiger charge is 2.30. The standard InChI is InChI=1S/C22H20F3N5O4S/c1-2-11-29(20(32)15-4-3-5-17(13-15)30(33)34)12-10-18(31)26-21-28-27-19(35-21)14-6-8-16(9-7-14)22(23,24)25/h3-9,13H,2,10-12H2,1H3,(H,26,28,31). The summed E-state index contributed by atoms with van der Waals surface area (Å²) in [6.07, 6.45) is -3.88. The van der Waals surface area contributed by atoms with Crippen LogP contribution in [-0.4, -0.2) is 44.9 Å². The molecule has 2 amide bonds. The summed E-state index contributed by atoms with van der Waals surface area (Å²) in [6, 6.07) is 9.80. The summed E-state index contributed by atoms with van der Waals surface area (Å²) in [4.78, 5) is 37.0. The lowest BCUT2D eigenvalue weighted by atomic mass is 10.1. The van der Waals surface area contributed by atoms with Crippen LogP contribution < -0.4 is 5.32 Å². The lowest BCUT2D eigenvalue weighted by Crippen LogP contribution is -2.34. The second-order valence-electron chi connectivity index (χ2n) is 7.39. The average Bonchev–Trinajstić information content (AvgIpc) is 3.29. The molecule has 0 saturated heterocycles. The van der Waals surface area contributed by atoms with Gasteiger partial charge in [-0.2, -0.15) is 13.2 Å². The van der Waals surface area contributed by atoms with Crippen LogP contribution in [0.2, 0.25) is 0 Å². The normalized spacial score (nSPS) is 11.2. The molecule has 0 spiro atoms. The molecule has 0 bridgehead atoms. The Hall–Kier alpha value is -3.87. The monoisotopic (exact) mass is 507 g/mol. The van der Waals surface area contributed by atoms with Gasteiger partial charge in [0.05, 0.1) is 10.5 Å². The molecule has 0 aliphatic heterocycles. The zero-order valence-electron chi connectivity index (χ0n) is 18.4. The average molecular weight is 507 g/mol. The number of benzene rings is 2. The summed E-state index contributed by atoms with van der Waals surface area (Å²) in [5.41, 5.74) is -0.410. The summed E-state index contributed by atoms with van der Waals surface area (Å²) in [5, 5.41) is 21.8. The van der Waals surface area contributed by atoms with Crippen LogP contribution in [0.1, 0.15) is 35.7 Å². The maximum Gasteiger partial charge on any atom is 0.416 e. The van der Waals surface area contributed by atoms with E-state index in [-0.39, 0.29) is 29.3 Å². The molecule has 184 valence electrons. The van der Waals surface area contributed by atoms with Crippen LogP contribution in [0.5, 0.6) is 0 Å². The third-order valence-corrected chi connectivity index (χ3v) is 5.71. The zero-order valence-corrected chi connectivity index (χ0v) is 19.2. The molecule has 0 atom stereocenters. The summed E-state index contributed by atoms with van der Waals surface area (Å²) in [6.45, 7) is 2.29. The van der Waals surface area contributed by atoms with Gasteiger partial charge < -0.3 is 10.2 Å². The molecular weight excluding hydrogens is 487 g/mol. The Morgan fingerprint density at radius 2 is 1.83 bits per heavy atom. The molecular formula is C22H20F3N5O4S. The molecule has 13 heteroatoms. The van der Waals surface area contributed by atoms with Crippen molar-refractivity contribution in [2.45, 2.75) is 25.9 Å². The number of aromatic nitrogens is 2. The number of nitro benzene ring substituents is 1. The van der Waals surface area contributed by atoms with Gasteiger partial charge >= 0.3 is 6.18 Å². The molecule has 1 heterocycles. The molecule has 9 nitrogen and oxygen atoms in total. The third kappa shape index (κ3) is 6.82. The number of rotatable bonds is 9. The van der Waals surface area contributed by atoms with Crippen molar-refractivity contribution in [2.75, 3.05) is 18.4 Å². The minimum Gasteiger partial charge on any atom is -0.338 e. The molecule has 3 rings (SSSR count). The summed E-state index contributed by atoms with van der Waals surface area (Å²) >= 11 is 1.000. The maximum atomic E-state index is 12.8. The van der Waals surface area contributed by atoms with Crippen LogP contribution >= 0.6 is 11.3 Å². The smallest absolute Gasteiger partial charge is 0.338 e. The molecule has 35 heavy (non-hydrogen) atoms. The number of non-ortho nitro benzene ring substituents is 1. The Morgan fingerprint density at radius 1 is 1.11 bits per heavy atom. The van der Waals surface area contributed by atoms with Crippen LogP contribution in [0, 0.1) is 10.1 Å². The van der Waals surface area contributed by atoms with Crippen LogP contribution in [-0.2, 0) is 11.0 Å². The van der Waals surface area contributed by atoms with Crippen molar-refractivity contribution in [1.82, 2.24) is 15.1 Å². The first-order valence-electron chi connectivity index (χ1n) is 10.4. The molecule has 0 fully saturated rings. The first-order valence-corrected chi connectivity index (χ1v) is 11.2. The van der Waals surface area contributed by atoms with E-state index in [2.05, 4.69) is 15.5 Å². The van der Waals surface area contributed by atoms with Gasteiger partial charge in [-0.25, -0.2) is 0 Å². The van der Waals surface area contributed by atoms with Gasteiger partial charge in [0.15, 0.2) is 0 Å². The number of hydrogen-bond acceptors (Lipinski definition) is 7. The van der Waals surface area contributed by atoms with E-state index in [1.165, 1.54) is 41.3 Å². The Bertz CT molecular complexity index is 1210. The third-order valence-electron chi connectivity index (χ3n) is 4.82. The number of nitro groups is 1. The number of halogens is 3. The Kier molecular flexibility index (Phi) is 8.12. The molecule has 2 aromatic carbocycles. The van der Waals surface area contributed by atoms with Gasteiger partial charge in [-0.3, -0.25) is 19.7 Å². The molecule has 3 aromatic rings. The van der Waals surface area contributed by atoms with Crippen molar-refractivity contribution in [3.63, 3.8) is 0 Å². The summed E-state index contributed by atoms with van der Waals surface area (Å²) < 4.78 is 38.2. The predicted octanol–water partition coefficient (Wildman–Crippen LogP) is 5.01. The molecule has 0 unspecified atom stereocenters. The fourth-order valence-electron chi connectivity index (χ4n) is 3.13. The van der Waals surface area contributed by atoms with Crippen LogP contribution in [0.3, 0.4) is 0 Å². The fourth-order valence-corrected chi connectivity index (χ4v) is 3.90. The highest BCUT2D eigenvalue weighted by molar-refractivity contribution is 7.18. The van der Waals surface area contributed by atoms with Gasteiger partial charge in [0.25, 0.3) is 11.6 Å². The van der Waals surface area contributed by atoms with Gasteiger partial charge in [-0.1, -0.05) is 36.5 Å². The van der Waals surface area contributed by atoms with Crippen molar-refractivity contribution in [2.24, 2.45) is 0 Å². The van der Waals surface area contributed by atoms with Crippen molar-refractivity contribution in [3.05, 3.63) is 69.8 Å². The zero-order chi connectivity index (χ0) is 25.6. The van der Waals surface area contributed by atoms with Crippen LogP contribution in [0.15, 0.2) is 48.5 Å². The Balaban J connectivity index is 1.60. The first kappa shape index (κ1) is 25.7. The SMILES string of the molecule is CCCN(CCC(=O)Nc1nnc(-c2ccc(C(F)(F)F)cc2)s1)C(=O)c1cccc([N+](=O)[O-])c1. The number of nitrogens with zero attached hydrogens (tertiary/aromatic N) is 4. The van der Waals surface area contributed by atoms with E-state index in [0.29, 0.717) is 23.5 Å². The van der Waals surface area contributed by atoms with E-state index in [1.54, 1.807) is 0 Å². The molecule has 0 saturated carbocycles. The van der Waals surface area contributed by atoms with Crippen molar-refractivity contribution < 1.29 is 27.7 Å². The first-order chi connectivity index (χ1) is 16.6. The number of amides is 2. The maximum absolute atomic E-state index is 12.8. The molecule has 0 aliphatic rings. The number of nitrogens with one attached hydrogen (secondary N) is 1. The number of carbonyl (C=O) groups excluding carboxylic acids is 2. The lowest BCUT2D eigenvalue weighted by Gasteiger charge is -2.21. The second-order valence-corrected chi connectivity index (χ2v) is 8.36. The van der Waals surface area contributed by atoms with Crippen LogP contribution in [0.25, 0.3) is 10.6 Å². The molecule has 1 aromatic heterocycles. The van der Waals surface area contributed by atoms with Gasteiger partial charge in [0, 0.05) is 42.8 Å². The Labute approximate surface area is 201 Å². The number of anilines is 1. The minimum absolute atomic E-state index is 0.0597. The summed E-state index contributed by atoms with van der Waals surface area (Å²) in [7, 11) is 0. The topological polar surface area (TPSA) is 118 Å². The predicted molar refractivity (Wildman–Crippen MR) is 123 cm³/mol. The second kappa shape index (κ2) is 11.0. The van der Waals surface area contributed by atoms with Gasteiger partial charge in [-0.15, -0.1) is 10.2 Å². The molecule has 0 radical (unpaired) electrons. The highest BCUT2D eigenvalue weighted by atomic mass is 32.1. The van der Waals surface area contributed by atoms with Gasteiger partial charge in [0.1, 0.15) is 5.01 Å². The largest absolute Gasteiger partial charge is 0.416 e. The van der Waals surface area contributed by atoms with Crippen molar-refractivity contribution in [3.8, 4) is 10.6 Å². The van der Waals surface area contributed by atoms with E-state index in [9.17, 15) is 32.9 Å². The number of hydrogen-bond donors (Lipinski definition) is 1. The van der Waals surface area contributed by atoms with Crippen LogP contribution in [0.4, 0.5) is 24.0 Å². The van der Waals surface area contributed by atoms with E-state index in [4.69, 9.17) is 0 Å². The van der Waals surface area contributed by atoms with Gasteiger partial charge in [0.2, 0.25) is 11.0 Å². The van der Waals surface area contributed by atoms with E-state index >= 15 is 0 Å². The lowest BCUT2D eigenvalue weighted by molar-refractivity contribution is -0.384. The van der Waals surface area contributed by atoms with Crippen molar-refractivity contribution in [1.29, 1.82) is 0 Å². The van der Waals surface area contributed by atoms with E-state index in [1.807, 2.05) is 6.92 Å². The number of alkyl halides is 3. The minimum atomic E-state index is -4.44. The van der Waals surface area contributed by atoms with Gasteiger partial charge in [-0.05, 0) is 24.6 Å². The molecule has 1 N–H and O–H groups in total. The van der Waals surface area contributed by atoms with E-state index in [0.717, 1.165) is 23.5 Å². The quantitative estimate of drug-likeness (QED) is 0.321. The highest BCUT2D eigenvalue weighted by Crippen LogP contribution is 2.32. The summed E-state index contributed by atoms with van der Waals surface area (Å²) in [5.74, 6) is -0.864. The van der Waals surface area contributed by atoms with Crippen molar-refractivity contribution >= 4 is 34.0 Å². The number of carbonyl (C=O) groups is 2. The van der Waals surface area contributed by atoms with E-state index < -0.39 is 28.5 Å². The molecule has 0 aliphatic carbocycles. The Morgan fingerprint density at radius 3 is 2.46 bits per heavy atom. The fraction of sp³-hybridized carbons (Fsp3) is 0.273.